The standard InChI is InChI=1S/C14H19NO5S/c1-21(18,19)10-13-9-15(5-6-20-13)8-11-3-2-4-12(7-11)14(16)17/h2-4,7,13H,5-6,8-10H2,1H3,(H,16,17). The summed E-state index contributed by atoms with van der Waals surface area (Å²) in [5.41, 5.74) is 1.16. The quantitative estimate of drug-likeness (QED) is 0.858. The van der Waals surface area contributed by atoms with Gasteiger partial charge in [0.1, 0.15) is 9.84 Å². The average molecular weight is 313 g/mol. The number of carbonyl (C=O) groups is 1. The predicted molar refractivity (Wildman–Crippen MR) is 78.1 cm³/mol. The van der Waals surface area contributed by atoms with Crippen molar-refractivity contribution in [3.8, 4) is 0 Å². The van der Waals surface area contributed by atoms with Crippen molar-refractivity contribution in [2.24, 2.45) is 0 Å². The molecular weight excluding hydrogens is 294 g/mol. The minimum atomic E-state index is -3.07. The van der Waals surface area contributed by atoms with Crippen LogP contribution in [0.15, 0.2) is 24.3 Å². The maximum Gasteiger partial charge on any atom is 0.335 e. The van der Waals surface area contributed by atoms with E-state index >= 15 is 0 Å². The second-order valence-electron chi connectivity index (χ2n) is 5.33. The Morgan fingerprint density at radius 3 is 2.90 bits per heavy atom. The molecule has 0 spiro atoms. The summed E-state index contributed by atoms with van der Waals surface area (Å²) in [7, 11) is -3.07. The van der Waals surface area contributed by atoms with Gasteiger partial charge in [0.05, 0.1) is 24.0 Å². The number of sulfone groups is 1. The Morgan fingerprint density at radius 2 is 2.24 bits per heavy atom. The molecule has 1 saturated heterocycles. The number of aromatic carboxylic acids is 1. The van der Waals surface area contributed by atoms with Gasteiger partial charge in [-0.3, -0.25) is 4.90 Å². The molecule has 1 unspecified atom stereocenters. The molecule has 1 aromatic carbocycles. The largest absolute Gasteiger partial charge is 0.478 e. The SMILES string of the molecule is CS(=O)(=O)CC1CN(Cc2cccc(C(=O)O)c2)CCO1. The number of ether oxygens (including phenoxy) is 1. The zero-order valence-electron chi connectivity index (χ0n) is 11.9. The van der Waals surface area contributed by atoms with Crippen LogP contribution in [0, 0.1) is 0 Å². The molecule has 0 radical (unpaired) electrons. The molecule has 1 aliphatic rings. The molecule has 6 nitrogen and oxygen atoms in total. The van der Waals surface area contributed by atoms with Crippen molar-refractivity contribution in [3.05, 3.63) is 35.4 Å². The maximum atomic E-state index is 11.3. The van der Waals surface area contributed by atoms with Crippen LogP contribution in [-0.2, 0) is 21.1 Å². The van der Waals surface area contributed by atoms with Gasteiger partial charge in [0.25, 0.3) is 0 Å². The maximum absolute atomic E-state index is 11.3. The van der Waals surface area contributed by atoms with Gasteiger partial charge in [0, 0.05) is 25.9 Å². The normalized spacial score (nSPS) is 20.3. The highest BCUT2D eigenvalue weighted by atomic mass is 32.2. The second-order valence-corrected chi connectivity index (χ2v) is 7.51. The minimum absolute atomic E-state index is 0.0126. The number of hydrogen-bond acceptors (Lipinski definition) is 5. The van der Waals surface area contributed by atoms with Crippen LogP contribution in [0.5, 0.6) is 0 Å². The van der Waals surface area contributed by atoms with Crippen LogP contribution in [0.4, 0.5) is 0 Å². The highest BCUT2D eigenvalue weighted by molar-refractivity contribution is 7.90. The lowest BCUT2D eigenvalue weighted by molar-refractivity contribution is -0.0194. The molecule has 1 aliphatic heterocycles. The zero-order valence-corrected chi connectivity index (χ0v) is 12.7. The van der Waals surface area contributed by atoms with Crippen LogP contribution in [0.25, 0.3) is 0 Å². The highest BCUT2D eigenvalue weighted by Crippen LogP contribution is 2.13. The molecule has 21 heavy (non-hydrogen) atoms. The molecule has 1 atom stereocenters. The van der Waals surface area contributed by atoms with Crippen molar-refractivity contribution in [2.75, 3.05) is 31.7 Å². The molecule has 0 aliphatic carbocycles. The Bertz CT molecular complexity index is 614. The molecule has 1 fully saturated rings. The summed E-state index contributed by atoms with van der Waals surface area (Å²) >= 11 is 0. The van der Waals surface area contributed by atoms with Crippen LogP contribution in [0.2, 0.25) is 0 Å². The molecule has 1 aromatic rings. The Balaban J connectivity index is 1.99. The molecule has 7 heteroatoms. The lowest BCUT2D eigenvalue weighted by Gasteiger charge is -2.32. The highest BCUT2D eigenvalue weighted by Gasteiger charge is 2.23. The molecule has 1 heterocycles. The van der Waals surface area contributed by atoms with E-state index in [1.54, 1.807) is 18.2 Å². The molecule has 0 aromatic heterocycles. The van der Waals surface area contributed by atoms with Crippen molar-refractivity contribution in [1.82, 2.24) is 4.90 Å². The van der Waals surface area contributed by atoms with Gasteiger partial charge in [0.15, 0.2) is 0 Å². The Labute approximate surface area is 124 Å². The van der Waals surface area contributed by atoms with E-state index in [4.69, 9.17) is 9.84 Å². The number of rotatable bonds is 5. The van der Waals surface area contributed by atoms with Gasteiger partial charge in [-0.1, -0.05) is 12.1 Å². The molecule has 0 bridgehead atoms. The van der Waals surface area contributed by atoms with E-state index in [1.807, 2.05) is 6.07 Å². The van der Waals surface area contributed by atoms with Gasteiger partial charge in [-0.05, 0) is 17.7 Å². The van der Waals surface area contributed by atoms with E-state index < -0.39 is 15.8 Å². The molecule has 0 saturated carbocycles. The van der Waals surface area contributed by atoms with Crippen molar-refractivity contribution >= 4 is 15.8 Å². The van der Waals surface area contributed by atoms with E-state index in [0.717, 1.165) is 5.56 Å². The number of morpholine rings is 1. The summed E-state index contributed by atoms with van der Waals surface area (Å²) in [6, 6.07) is 6.78. The summed E-state index contributed by atoms with van der Waals surface area (Å²) < 4.78 is 28.1. The lowest BCUT2D eigenvalue weighted by Crippen LogP contribution is -2.44. The van der Waals surface area contributed by atoms with Crippen molar-refractivity contribution in [1.29, 1.82) is 0 Å². The van der Waals surface area contributed by atoms with Gasteiger partial charge in [-0.15, -0.1) is 0 Å². The number of benzene rings is 1. The Morgan fingerprint density at radius 1 is 1.48 bits per heavy atom. The van der Waals surface area contributed by atoms with E-state index in [-0.39, 0.29) is 17.4 Å². The van der Waals surface area contributed by atoms with Gasteiger partial charge in [0.2, 0.25) is 0 Å². The lowest BCUT2D eigenvalue weighted by atomic mass is 10.1. The third-order valence-electron chi connectivity index (χ3n) is 3.29. The smallest absolute Gasteiger partial charge is 0.335 e. The van der Waals surface area contributed by atoms with E-state index in [2.05, 4.69) is 4.90 Å². The average Bonchev–Trinajstić information content (AvgIpc) is 2.37. The minimum Gasteiger partial charge on any atom is -0.478 e. The number of carboxylic acid groups (broad SMARTS) is 1. The topological polar surface area (TPSA) is 83.9 Å². The number of carboxylic acids is 1. The van der Waals surface area contributed by atoms with E-state index in [1.165, 1.54) is 6.26 Å². The molecule has 1 N–H and O–H groups in total. The Kier molecular flexibility index (Phi) is 4.97. The first-order valence-corrected chi connectivity index (χ1v) is 8.73. The molecule has 2 rings (SSSR count). The predicted octanol–water partition coefficient (Wildman–Crippen LogP) is 0.630. The third-order valence-corrected chi connectivity index (χ3v) is 4.27. The summed E-state index contributed by atoms with van der Waals surface area (Å²) in [5, 5.41) is 8.98. The first kappa shape index (κ1) is 15.9. The number of nitrogens with zero attached hydrogens (tertiary/aromatic N) is 1. The van der Waals surface area contributed by atoms with Gasteiger partial charge >= 0.3 is 5.97 Å². The van der Waals surface area contributed by atoms with Crippen LogP contribution >= 0.6 is 0 Å². The van der Waals surface area contributed by atoms with Crippen LogP contribution in [0.1, 0.15) is 15.9 Å². The van der Waals surface area contributed by atoms with E-state index in [9.17, 15) is 13.2 Å². The summed E-state index contributed by atoms with van der Waals surface area (Å²) in [6.07, 6.45) is 0.877. The second kappa shape index (κ2) is 6.55. The molecular formula is C14H19NO5S. The molecule has 116 valence electrons. The van der Waals surface area contributed by atoms with Gasteiger partial charge < -0.3 is 9.84 Å². The third kappa shape index (κ3) is 5.11. The van der Waals surface area contributed by atoms with Gasteiger partial charge in [-0.25, -0.2) is 13.2 Å². The van der Waals surface area contributed by atoms with Gasteiger partial charge in [-0.2, -0.15) is 0 Å². The first-order valence-electron chi connectivity index (χ1n) is 6.67. The summed E-state index contributed by atoms with van der Waals surface area (Å²) in [4.78, 5) is 13.0. The van der Waals surface area contributed by atoms with Crippen LogP contribution in [0.3, 0.4) is 0 Å². The molecule has 0 amide bonds. The van der Waals surface area contributed by atoms with E-state index in [0.29, 0.717) is 26.2 Å². The fraction of sp³-hybridized carbons (Fsp3) is 0.500. The monoisotopic (exact) mass is 313 g/mol. The fourth-order valence-electron chi connectivity index (χ4n) is 2.42. The van der Waals surface area contributed by atoms with Crippen molar-refractivity contribution < 1.29 is 23.1 Å². The Hall–Kier alpha value is -1.44. The van der Waals surface area contributed by atoms with Crippen LogP contribution < -0.4 is 0 Å². The zero-order chi connectivity index (χ0) is 15.5. The fourth-order valence-corrected chi connectivity index (χ4v) is 3.30. The summed E-state index contributed by atoms with van der Waals surface area (Å²) in [6.45, 7) is 2.31. The summed E-state index contributed by atoms with van der Waals surface area (Å²) in [5.74, 6) is -0.938. The van der Waals surface area contributed by atoms with Crippen molar-refractivity contribution in [2.45, 2.75) is 12.6 Å². The van der Waals surface area contributed by atoms with Crippen LogP contribution in [-0.4, -0.2) is 62.2 Å². The van der Waals surface area contributed by atoms with Crippen molar-refractivity contribution in [3.63, 3.8) is 0 Å². The number of hydrogen-bond donors (Lipinski definition) is 1. The first-order chi connectivity index (χ1) is 9.83.